The Labute approximate surface area is 110 Å². The van der Waals surface area contributed by atoms with E-state index in [1.165, 1.54) is 6.92 Å². The maximum atomic E-state index is 12.8. The van der Waals surface area contributed by atoms with Gasteiger partial charge in [-0.2, -0.15) is 26.3 Å². The van der Waals surface area contributed by atoms with E-state index in [1.54, 1.807) is 0 Å². The fourth-order valence-electron chi connectivity index (χ4n) is 1.70. The summed E-state index contributed by atoms with van der Waals surface area (Å²) >= 11 is 0. The highest BCUT2D eigenvalue weighted by molar-refractivity contribution is 5.92. The van der Waals surface area contributed by atoms with E-state index in [4.69, 9.17) is 0 Å². The number of halogens is 6. The Morgan fingerprint density at radius 1 is 1.10 bits per heavy atom. The molecule has 1 aromatic rings. The van der Waals surface area contributed by atoms with Crippen LogP contribution in [0.3, 0.4) is 0 Å². The number of alkyl halides is 6. The average molecular weight is 300 g/mol. The standard InChI is InChI=1S/C12H10F6O2/c1-3-20-10(19)8-5-7(11(13,14)15)4-6(2)9(8)12(16,17)18/h4-5H,3H2,1-2H3. The van der Waals surface area contributed by atoms with Gasteiger partial charge in [-0.05, 0) is 31.5 Å². The first kappa shape index (κ1) is 16.3. The van der Waals surface area contributed by atoms with Crippen LogP contribution in [0.4, 0.5) is 26.3 Å². The van der Waals surface area contributed by atoms with Gasteiger partial charge in [-0.25, -0.2) is 4.79 Å². The Morgan fingerprint density at radius 3 is 2.05 bits per heavy atom. The molecule has 20 heavy (non-hydrogen) atoms. The second-order valence-electron chi connectivity index (χ2n) is 3.93. The van der Waals surface area contributed by atoms with Crippen LogP contribution in [0, 0.1) is 6.92 Å². The van der Waals surface area contributed by atoms with E-state index >= 15 is 0 Å². The second kappa shape index (κ2) is 5.34. The highest BCUT2D eigenvalue weighted by Crippen LogP contribution is 2.39. The summed E-state index contributed by atoms with van der Waals surface area (Å²) in [5.74, 6) is -1.44. The number of ether oxygens (including phenoxy) is 1. The van der Waals surface area contributed by atoms with Gasteiger partial charge >= 0.3 is 18.3 Å². The molecule has 0 atom stereocenters. The number of benzene rings is 1. The maximum absolute atomic E-state index is 12.8. The summed E-state index contributed by atoms with van der Waals surface area (Å²) in [4.78, 5) is 11.5. The molecule has 0 saturated heterocycles. The lowest BCUT2D eigenvalue weighted by Crippen LogP contribution is -2.19. The Morgan fingerprint density at radius 2 is 1.65 bits per heavy atom. The fraction of sp³-hybridized carbons (Fsp3) is 0.417. The first-order chi connectivity index (χ1) is 8.98. The summed E-state index contributed by atoms with van der Waals surface area (Å²) in [6, 6.07) is 0.513. The summed E-state index contributed by atoms with van der Waals surface area (Å²) < 4.78 is 80.7. The van der Waals surface area contributed by atoms with E-state index in [1.807, 2.05) is 0 Å². The molecule has 0 aliphatic carbocycles. The molecule has 0 unspecified atom stereocenters. The first-order valence-electron chi connectivity index (χ1n) is 5.44. The van der Waals surface area contributed by atoms with Crippen molar-refractivity contribution in [1.29, 1.82) is 0 Å². The molecule has 0 bridgehead atoms. The Bertz CT molecular complexity index is 516. The fourth-order valence-corrected chi connectivity index (χ4v) is 1.70. The topological polar surface area (TPSA) is 26.3 Å². The lowest BCUT2D eigenvalue weighted by molar-refractivity contribution is -0.142. The van der Waals surface area contributed by atoms with E-state index in [-0.39, 0.29) is 12.7 Å². The van der Waals surface area contributed by atoms with E-state index in [9.17, 15) is 31.1 Å². The molecule has 1 rings (SSSR count). The van der Waals surface area contributed by atoms with Crippen molar-refractivity contribution in [2.75, 3.05) is 6.61 Å². The Balaban J connectivity index is 3.57. The molecule has 0 amide bonds. The minimum Gasteiger partial charge on any atom is -0.462 e. The van der Waals surface area contributed by atoms with Crippen LogP contribution in [0.1, 0.15) is 34.0 Å². The normalized spacial score (nSPS) is 12.4. The highest BCUT2D eigenvalue weighted by Gasteiger charge is 2.40. The van der Waals surface area contributed by atoms with Gasteiger partial charge in [-0.3, -0.25) is 0 Å². The molecular formula is C12H10F6O2. The van der Waals surface area contributed by atoms with Crippen LogP contribution < -0.4 is 0 Å². The number of aryl methyl sites for hydroxylation is 1. The highest BCUT2D eigenvalue weighted by atomic mass is 19.4. The van der Waals surface area contributed by atoms with Gasteiger partial charge in [0.2, 0.25) is 0 Å². The van der Waals surface area contributed by atoms with Crippen molar-refractivity contribution < 1.29 is 35.9 Å². The van der Waals surface area contributed by atoms with Crippen molar-refractivity contribution in [2.24, 2.45) is 0 Å². The number of hydrogen-bond donors (Lipinski definition) is 0. The number of hydrogen-bond acceptors (Lipinski definition) is 2. The SMILES string of the molecule is CCOC(=O)c1cc(C(F)(F)F)cc(C)c1C(F)(F)F. The lowest BCUT2D eigenvalue weighted by Gasteiger charge is -2.17. The molecule has 0 radical (unpaired) electrons. The molecule has 112 valence electrons. The van der Waals surface area contributed by atoms with E-state index in [2.05, 4.69) is 4.74 Å². The molecule has 8 heteroatoms. The molecular weight excluding hydrogens is 290 g/mol. The molecule has 0 aliphatic rings. The molecule has 0 spiro atoms. The van der Waals surface area contributed by atoms with Gasteiger partial charge in [0.05, 0.1) is 23.3 Å². The third-order valence-corrected chi connectivity index (χ3v) is 2.44. The molecule has 0 saturated carbocycles. The van der Waals surface area contributed by atoms with Crippen LogP contribution in [-0.4, -0.2) is 12.6 Å². The number of carbonyl (C=O) groups is 1. The van der Waals surface area contributed by atoms with Crippen molar-refractivity contribution in [3.63, 3.8) is 0 Å². The molecule has 0 aliphatic heterocycles. The molecule has 0 fully saturated rings. The van der Waals surface area contributed by atoms with Crippen LogP contribution in [0.2, 0.25) is 0 Å². The molecule has 0 N–H and O–H groups in total. The summed E-state index contributed by atoms with van der Waals surface area (Å²) in [5.41, 5.74) is -4.56. The third-order valence-electron chi connectivity index (χ3n) is 2.44. The van der Waals surface area contributed by atoms with Gasteiger partial charge in [-0.1, -0.05) is 0 Å². The number of rotatable bonds is 2. The zero-order valence-corrected chi connectivity index (χ0v) is 10.4. The monoisotopic (exact) mass is 300 g/mol. The van der Waals surface area contributed by atoms with Crippen LogP contribution in [0.15, 0.2) is 12.1 Å². The van der Waals surface area contributed by atoms with Gasteiger partial charge in [0.15, 0.2) is 0 Å². The average Bonchev–Trinajstić information content (AvgIpc) is 2.25. The van der Waals surface area contributed by atoms with Crippen molar-refractivity contribution in [3.05, 3.63) is 34.4 Å². The third kappa shape index (κ3) is 3.43. The van der Waals surface area contributed by atoms with Crippen LogP contribution in [-0.2, 0) is 17.1 Å². The van der Waals surface area contributed by atoms with Gasteiger partial charge in [0.25, 0.3) is 0 Å². The number of carbonyl (C=O) groups excluding carboxylic acids is 1. The zero-order chi connectivity index (χ0) is 15.7. The van der Waals surface area contributed by atoms with Crippen molar-refractivity contribution in [3.8, 4) is 0 Å². The molecule has 0 heterocycles. The second-order valence-corrected chi connectivity index (χ2v) is 3.93. The zero-order valence-electron chi connectivity index (χ0n) is 10.4. The predicted octanol–water partition coefficient (Wildman–Crippen LogP) is 4.21. The predicted molar refractivity (Wildman–Crippen MR) is 57.1 cm³/mol. The van der Waals surface area contributed by atoms with Crippen molar-refractivity contribution in [1.82, 2.24) is 0 Å². The molecule has 2 nitrogen and oxygen atoms in total. The van der Waals surface area contributed by atoms with Gasteiger partial charge < -0.3 is 4.74 Å². The molecule has 0 aromatic heterocycles. The van der Waals surface area contributed by atoms with Crippen LogP contribution in [0.5, 0.6) is 0 Å². The molecule has 1 aromatic carbocycles. The Kier molecular flexibility index (Phi) is 4.36. The summed E-state index contributed by atoms with van der Waals surface area (Å²) in [5, 5.41) is 0. The van der Waals surface area contributed by atoms with Gasteiger partial charge in [0.1, 0.15) is 0 Å². The minimum absolute atomic E-state index is 0.161. The van der Waals surface area contributed by atoms with E-state index < -0.39 is 40.6 Å². The Hall–Kier alpha value is -1.73. The lowest BCUT2D eigenvalue weighted by atomic mass is 9.97. The van der Waals surface area contributed by atoms with Crippen LogP contribution in [0.25, 0.3) is 0 Å². The van der Waals surface area contributed by atoms with Gasteiger partial charge in [0, 0.05) is 0 Å². The number of esters is 1. The maximum Gasteiger partial charge on any atom is 0.417 e. The summed E-state index contributed by atoms with van der Waals surface area (Å²) in [6.07, 6.45) is -9.80. The quantitative estimate of drug-likeness (QED) is 0.604. The smallest absolute Gasteiger partial charge is 0.417 e. The van der Waals surface area contributed by atoms with Crippen molar-refractivity contribution in [2.45, 2.75) is 26.2 Å². The van der Waals surface area contributed by atoms with E-state index in [0.29, 0.717) is 6.07 Å². The van der Waals surface area contributed by atoms with E-state index in [0.717, 1.165) is 6.92 Å². The van der Waals surface area contributed by atoms with Crippen molar-refractivity contribution >= 4 is 5.97 Å². The summed E-state index contributed by atoms with van der Waals surface area (Å²) in [6.45, 7) is 1.96. The summed E-state index contributed by atoms with van der Waals surface area (Å²) in [7, 11) is 0. The largest absolute Gasteiger partial charge is 0.462 e. The van der Waals surface area contributed by atoms with Gasteiger partial charge in [-0.15, -0.1) is 0 Å². The van der Waals surface area contributed by atoms with Crippen LogP contribution >= 0.6 is 0 Å². The first-order valence-corrected chi connectivity index (χ1v) is 5.44. The minimum atomic E-state index is -4.95.